The van der Waals surface area contributed by atoms with Gasteiger partial charge in [0.15, 0.2) is 0 Å². The average molecular weight is 524 g/mol. The van der Waals surface area contributed by atoms with E-state index in [4.69, 9.17) is 4.74 Å². The third-order valence-electron chi connectivity index (χ3n) is 7.21. The van der Waals surface area contributed by atoms with Gasteiger partial charge in [-0.15, -0.1) is 0 Å². The predicted molar refractivity (Wildman–Crippen MR) is 130 cm³/mol. The van der Waals surface area contributed by atoms with Crippen LogP contribution in [-0.2, 0) is 6.42 Å². The quantitative estimate of drug-likeness (QED) is 0.400. The summed E-state index contributed by atoms with van der Waals surface area (Å²) in [7, 11) is 0. The number of H-pyrrole nitrogens is 1. The summed E-state index contributed by atoms with van der Waals surface area (Å²) in [6.45, 7) is 1.79. The Bertz CT molecular complexity index is 1250. The Morgan fingerprint density at radius 3 is 2.54 bits per heavy atom. The number of rotatable bonds is 9. The number of aliphatic hydroxyl groups excluding tert-OH is 1. The molecule has 0 aliphatic carbocycles. The molecule has 2 aromatic carbocycles. The van der Waals surface area contributed by atoms with Gasteiger partial charge in [0.2, 0.25) is 0 Å². The number of nitrogens with zero attached hydrogens (tertiary/aromatic N) is 2. The summed E-state index contributed by atoms with van der Waals surface area (Å²) in [6.07, 6.45) is 0.600. The van der Waals surface area contributed by atoms with Gasteiger partial charge in [0.1, 0.15) is 35.0 Å². The largest absolute Gasteiger partial charge is 0.488 e. The molecule has 37 heavy (non-hydrogen) atoms. The summed E-state index contributed by atoms with van der Waals surface area (Å²) in [5.74, 6) is -2.08. The van der Waals surface area contributed by atoms with Crippen LogP contribution in [0.4, 0.5) is 22.0 Å². The minimum absolute atomic E-state index is 0.0425. The lowest BCUT2D eigenvalue weighted by atomic mass is 9.90. The third-order valence-corrected chi connectivity index (χ3v) is 7.21. The van der Waals surface area contributed by atoms with Crippen LogP contribution < -0.4 is 4.74 Å². The van der Waals surface area contributed by atoms with Crippen molar-refractivity contribution in [2.45, 2.75) is 37.6 Å². The van der Waals surface area contributed by atoms with Crippen molar-refractivity contribution in [2.24, 2.45) is 0 Å². The molecule has 2 aliphatic rings. The van der Waals surface area contributed by atoms with Crippen molar-refractivity contribution in [1.29, 1.82) is 0 Å². The Labute approximate surface area is 211 Å². The van der Waals surface area contributed by atoms with Gasteiger partial charge < -0.3 is 14.8 Å². The number of hydrogen-bond donors (Lipinski definition) is 2. The fraction of sp³-hybridized carbons (Fsp3) is 0.481. The van der Waals surface area contributed by atoms with E-state index in [1.54, 1.807) is 11.0 Å². The monoisotopic (exact) mass is 523 g/mol. The minimum Gasteiger partial charge on any atom is -0.488 e. The fourth-order valence-corrected chi connectivity index (χ4v) is 5.43. The zero-order valence-corrected chi connectivity index (χ0v) is 20.5. The first-order valence-corrected chi connectivity index (χ1v) is 12.5. The van der Waals surface area contributed by atoms with E-state index in [9.17, 15) is 18.3 Å². The predicted octanol–water partition coefficient (Wildman–Crippen LogP) is 4.68. The zero-order chi connectivity index (χ0) is 26.3. The van der Waals surface area contributed by atoms with Crippen molar-refractivity contribution in [3.8, 4) is 5.75 Å². The maximum atomic E-state index is 15.6. The van der Waals surface area contributed by atoms with Gasteiger partial charge in [-0.25, -0.2) is 17.6 Å². The van der Waals surface area contributed by atoms with E-state index in [0.717, 1.165) is 17.7 Å². The molecule has 10 heteroatoms. The number of aromatic amines is 1. The van der Waals surface area contributed by atoms with E-state index >= 15 is 8.78 Å². The van der Waals surface area contributed by atoms with E-state index in [2.05, 4.69) is 4.98 Å². The van der Waals surface area contributed by atoms with Crippen LogP contribution in [0.2, 0.25) is 0 Å². The molecule has 0 bridgehead atoms. The molecule has 3 heterocycles. The second kappa shape index (κ2) is 10.2. The average Bonchev–Trinajstić information content (AvgIpc) is 3.18. The Kier molecular flexibility index (Phi) is 7.17. The molecular formula is C27H30F5N3O2. The maximum Gasteiger partial charge on any atom is 0.143 e. The van der Waals surface area contributed by atoms with Crippen LogP contribution in [0, 0.1) is 17.5 Å². The van der Waals surface area contributed by atoms with Gasteiger partial charge in [-0.1, -0.05) is 0 Å². The number of fused-ring (bicyclic) bond motifs is 3. The Morgan fingerprint density at radius 1 is 1.14 bits per heavy atom. The third kappa shape index (κ3) is 5.19. The summed E-state index contributed by atoms with van der Waals surface area (Å²) in [5.41, 5.74) is -0.460. The first kappa shape index (κ1) is 25.9. The molecule has 0 spiro atoms. The van der Waals surface area contributed by atoms with Gasteiger partial charge in [0.25, 0.3) is 0 Å². The highest BCUT2D eigenvalue weighted by Crippen LogP contribution is 2.42. The highest BCUT2D eigenvalue weighted by atomic mass is 19.2. The van der Waals surface area contributed by atoms with Crippen molar-refractivity contribution < 1.29 is 31.8 Å². The summed E-state index contributed by atoms with van der Waals surface area (Å²) in [6, 6.07) is 5.47. The van der Waals surface area contributed by atoms with E-state index in [1.807, 2.05) is 4.90 Å². The van der Waals surface area contributed by atoms with E-state index < -0.39 is 42.4 Å². The summed E-state index contributed by atoms with van der Waals surface area (Å²) >= 11 is 0. The van der Waals surface area contributed by atoms with Gasteiger partial charge in [0.05, 0.1) is 19.3 Å². The summed E-state index contributed by atoms with van der Waals surface area (Å²) < 4.78 is 78.2. The van der Waals surface area contributed by atoms with Gasteiger partial charge in [-0.2, -0.15) is 0 Å². The van der Waals surface area contributed by atoms with Crippen molar-refractivity contribution in [3.05, 3.63) is 64.6 Å². The number of nitrogens with one attached hydrogen (secondary N) is 1. The van der Waals surface area contributed by atoms with Gasteiger partial charge in [-0.3, -0.25) is 14.2 Å². The Hall–Kier alpha value is -2.69. The lowest BCUT2D eigenvalue weighted by molar-refractivity contribution is 0.0179. The standard InChI is InChI=1S/C27H30F5N3O2/c1-27(32,15-36)14-35-8-5-19-20-9-16(29)3-4-23(20)33-25(19)26(35)24-21(30)10-17(11-22(24)31)37-18-12-34(13-18)7-2-6-28/h3-4,9-11,18,26,33,36H,2,5-8,12-15H2,1H3/t26-,27-/m0/s1. The molecule has 200 valence electrons. The molecule has 1 saturated heterocycles. The molecule has 2 aliphatic heterocycles. The number of aliphatic hydroxyl groups is 1. The molecule has 1 aromatic heterocycles. The SMILES string of the molecule is C[C@@](F)(CO)CN1CCc2c([nH]c3ccc(F)cc23)[C@@H]1c1c(F)cc(OC2CN(CCCF)C2)cc1F. The smallest absolute Gasteiger partial charge is 0.143 e. The van der Waals surface area contributed by atoms with Crippen LogP contribution >= 0.6 is 0 Å². The number of aromatic nitrogens is 1. The fourth-order valence-electron chi connectivity index (χ4n) is 5.43. The molecule has 3 aromatic rings. The summed E-state index contributed by atoms with van der Waals surface area (Å²) in [4.78, 5) is 6.78. The molecule has 0 saturated carbocycles. The number of likely N-dealkylation sites (tertiary alicyclic amines) is 1. The molecule has 2 N–H and O–H groups in total. The molecule has 5 nitrogen and oxygen atoms in total. The van der Waals surface area contributed by atoms with Gasteiger partial charge in [-0.05, 0) is 43.5 Å². The molecule has 1 fully saturated rings. The minimum atomic E-state index is -2.00. The molecule has 0 amide bonds. The van der Waals surface area contributed by atoms with Crippen molar-refractivity contribution in [2.75, 3.05) is 46.0 Å². The second-order valence-corrected chi connectivity index (χ2v) is 10.2. The number of benzene rings is 2. The van der Waals surface area contributed by atoms with Gasteiger partial charge >= 0.3 is 0 Å². The Balaban J connectivity index is 1.48. The number of hydrogen-bond acceptors (Lipinski definition) is 4. The van der Waals surface area contributed by atoms with Crippen molar-refractivity contribution in [3.63, 3.8) is 0 Å². The van der Waals surface area contributed by atoms with E-state index in [1.165, 1.54) is 19.1 Å². The van der Waals surface area contributed by atoms with Crippen LogP contribution in [0.3, 0.4) is 0 Å². The van der Waals surface area contributed by atoms with Crippen LogP contribution in [-0.4, -0.2) is 77.7 Å². The zero-order valence-electron chi connectivity index (χ0n) is 20.5. The Morgan fingerprint density at radius 2 is 1.86 bits per heavy atom. The molecule has 2 atom stereocenters. The highest BCUT2D eigenvalue weighted by molar-refractivity contribution is 5.85. The lowest BCUT2D eigenvalue weighted by Crippen LogP contribution is -2.53. The van der Waals surface area contributed by atoms with Crippen LogP contribution in [0.5, 0.6) is 5.75 Å². The van der Waals surface area contributed by atoms with E-state index in [0.29, 0.717) is 49.1 Å². The topological polar surface area (TPSA) is 51.7 Å². The van der Waals surface area contributed by atoms with E-state index in [-0.39, 0.29) is 30.5 Å². The van der Waals surface area contributed by atoms with Crippen molar-refractivity contribution in [1.82, 2.24) is 14.8 Å². The normalized spacial score (nSPS) is 20.6. The van der Waals surface area contributed by atoms with Crippen molar-refractivity contribution >= 4 is 10.9 Å². The first-order chi connectivity index (χ1) is 17.7. The second-order valence-electron chi connectivity index (χ2n) is 10.2. The van der Waals surface area contributed by atoms with Crippen LogP contribution in [0.15, 0.2) is 30.3 Å². The molecule has 0 unspecified atom stereocenters. The number of halogens is 5. The highest BCUT2D eigenvalue weighted by Gasteiger charge is 2.39. The molecule has 5 rings (SSSR count). The number of ether oxygens (including phenoxy) is 1. The van der Waals surface area contributed by atoms with Crippen LogP contribution in [0.25, 0.3) is 10.9 Å². The van der Waals surface area contributed by atoms with Gasteiger partial charge in [0, 0.05) is 67.0 Å². The molecular weight excluding hydrogens is 493 g/mol. The maximum absolute atomic E-state index is 15.6. The first-order valence-electron chi connectivity index (χ1n) is 12.5. The molecule has 0 radical (unpaired) electrons. The van der Waals surface area contributed by atoms with Crippen LogP contribution in [0.1, 0.15) is 36.2 Å². The lowest BCUT2D eigenvalue weighted by Gasteiger charge is -2.40. The summed E-state index contributed by atoms with van der Waals surface area (Å²) in [5, 5.41) is 10.1. The number of alkyl halides is 2.